The van der Waals surface area contributed by atoms with E-state index in [0.29, 0.717) is 0 Å². The van der Waals surface area contributed by atoms with Crippen LogP contribution >= 0.6 is 11.8 Å². The van der Waals surface area contributed by atoms with Gasteiger partial charge in [-0.15, -0.1) is 18.3 Å². The summed E-state index contributed by atoms with van der Waals surface area (Å²) in [7, 11) is 0. The summed E-state index contributed by atoms with van der Waals surface area (Å²) in [6.45, 7) is 23.2. The molecule has 0 aromatic heterocycles. The number of thioether (sulfide) groups is 1. The SMILES string of the molecule is C=CCC.C=CSCC.CC.CC.CC. The molecule has 0 aromatic carbocycles. The van der Waals surface area contributed by atoms with Gasteiger partial charge in [0.25, 0.3) is 0 Å². The van der Waals surface area contributed by atoms with E-state index in [4.69, 9.17) is 0 Å². The summed E-state index contributed by atoms with van der Waals surface area (Å²) < 4.78 is 0. The van der Waals surface area contributed by atoms with E-state index < -0.39 is 0 Å². The normalized spacial score (nSPS) is 5.33. The lowest BCUT2D eigenvalue weighted by Crippen LogP contribution is -1.51. The smallest absolute Gasteiger partial charge is 0.00547 e. The molecule has 0 aliphatic heterocycles. The van der Waals surface area contributed by atoms with E-state index in [2.05, 4.69) is 27.0 Å². The van der Waals surface area contributed by atoms with Crippen LogP contribution in [0, 0.1) is 0 Å². The number of hydrogen-bond acceptors (Lipinski definition) is 1. The minimum atomic E-state index is 1.08. The highest BCUT2D eigenvalue weighted by Gasteiger charge is 1.60. The van der Waals surface area contributed by atoms with E-state index >= 15 is 0 Å². The van der Waals surface area contributed by atoms with Gasteiger partial charge in [-0.25, -0.2) is 0 Å². The van der Waals surface area contributed by atoms with Gasteiger partial charge in [0.15, 0.2) is 0 Å². The van der Waals surface area contributed by atoms with Crippen LogP contribution in [0.2, 0.25) is 0 Å². The van der Waals surface area contributed by atoms with Crippen LogP contribution in [0.4, 0.5) is 0 Å². The third kappa shape index (κ3) is 242. The zero-order valence-electron chi connectivity index (χ0n) is 12.4. The van der Waals surface area contributed by atoms with Gasteiger partial charge in [0.05, 0.1) is 0 Å². The summed E-state index contributed by atoms with van der Waals surface area (Å²) in [4.78, 5) is 0. The molecule has 1 heteroatoms. The summed E-state index contributed by atoms with van der Waals surface area (Å²) in [5.41, 5.74) is 0. The fourth-order valence-electron chi connectivity index (χ4n) is 0.118. The lowest BCUT2D eigenvalue weighted by atomic mass is 10.5. The first-order chi connectivity index (χ1) is 7.33. The molecule has 15 heavy (non-hydrogen) atoms. The van der Waals surface area contributed by atoms with Crippen molar-refractivity contribution in [3.8, 4) is 0 Å². The average Bonchev–Trinajstić information content (AvgIpc) is 2.38. The van der Waals surface area contributed by atoms with Crippen LogP contribution in [0.3, 0.4) is 0 Å². The van der Waals surface area contributed by atoms with Crippen LogP contribution in [0.1, 0.15) is 61.8 Å². The minimum absolute atomic E-state index is 1.08. The molecule has 0 unspecified atom stereocenters. The molecule has 0 amide bonds. The van der Waals surface area contributed by atoms with Crippen molar-refractivity contribution in [2.24, 2.45) is 0 Å². The first kappa shape index (κ1) is 29.4. The van der Waals surface area contributed by atoms with Crippen molar-refractivity contribution < 1.29 is 0 Å². The molecule has 0 atom stereocenters. The van der Waals surface area contributed by atoms with Gasteiger partial charge in [-0.3, -0.25) is 0 Å². The van der Waals surface area contributed by atoms with Crippen LogP contribution in [-0.2, 0) is 0 Å². The lowest BCUT2D eigenvalue weighted by Gasteiger charge is -1.73. The van der Waals surface area contributed by atoms with Crippen LogP contribution in [0.25, 0.3) is 0 Å². The fourth-order valence-corrected chi connectivity index (χ4v) is 0.354. The highest BCUT2D eigenvalue weighted by molar-refractivity contribution is 8.02. The molecule has 0 bridgehead atoms. The molecular weight excluding hydrogens is 200 g/mol. The van der Waals surface area contributed by atoms with Gasteiger partial charge in [0, 0.05) is 0 Å². The molecule has 0 aromatic rings. The quantitative estimate of drug-likeness (QED) is 0.499. The summed E-state index contributed by atoms with van der Waals surface area (Å²) in [5.74, 6) is 1.14. The maximum Gasteiger partial charge on any atom is -0.00547 e. The van der Waals surface area contributed by atoms with Gasteiger partial charge in [-0.1, -0.05) is 68.0 Å². The highest BCUT2D eigenvalue weighted by atomic mass is 32.2. The van der Waals surface area contributed by atoms with Gasteiger partial charge in [-0.2, -0.15) is 0 Å². The largest absolute Gasteiger partial charge is 0.135 e. The Kier molecular flexibility index (Phi) is 191. The monoisotopic (exact) mass is 234 g/mol. The first-order valence-corrected chi connectivity index (χ1v) is 7.21. The summed E-state index contributed by atoms with van der Waals surface area (Å²) in [6, 6.07) is 0. The maximum atomic E-state index is 3.51. The second-order valence-corrected chi connectivity index (χ2v) is 2.56. The van der Waals surface area contributed by atoms with Crippen LogP contribution in [0.15, 0.2) is 24.6 Å². The molecule has 0 aliphatic rings. The van der Waals surface area contributed by atoms with Crippen LogP contribution in [-0.4, -0.2) is 5.75 Å². The third-order valence-electron chi connectivity index (χ3n) is 0.573. The zero-order chi connectivity index (χ0) is 13.5. The topological polar surface area (TPSA) is 0 Å². The zero-order valence-corrected chi connectivity index (χ0v) is 13.2. The van der Waals surface area contributed by atoms with E-state index in [1.807, 2.05) is 53.0 Å². The molecule has 0 N–H and O–H groups in total. The van der Waals surface area contributed by atoms with E-state index in [1.54, 1.807) is 11.8 Å². The van der Waals surface area contributed by atoms with Crippen LogP contribution in [0.5, 0.6) is 0 Å². The third-order valence-corrected chi connectivity index (χ3v) is 1.14. The van der Waals surface area contributed by atoms with E-state index in [0.717, 1.165) is 12.2 Å². The van der Waals surface area contributed by atoms with Gasteiger partial charge < -0.3 is 0 Å². The van der Waals surface area contributed by atoms with Gasteiger partial charge in [0.1, 0.15) is 0 Å². The molecule has 0 nitrogen and oxygen atoms in total. The molecule has 0 rings (SSSR count). The fraction of sp³-hybridized carbons (Fsp3) is 0.714. The van der Waals surface area contributed by atoms with E-state index in [-0.39, 0.29) is 0 Å². The molecule has 0 saturated heterocycles. The average molecular weight is 234 g/mol. The Morgan fingerprint density at radius 1 is 0.867 bits per heavy atom. The van der Waals surface area contributed by atoms with Crippen molar-refractivity contribution in [3.63, 3.8) is 0 Å². The van der Waals surface area contributed by atoms with Gasteiger partial charge in [0.2, 0.25) is 0 Å². The van der Waals surface area contributed by atoms with Crippen molar-refractivity contribution in [2.45, 2.75) is 61.8 Å². The van der Waals surface area contributed by atoms with Crippen LogP contribution < -0.4 is 0 Å². The van der Waals surface area contributed by atoms with Gasteiger partial charge in [-0.05, 0) is 17.6 Å². The highest BCUT2D eigenvalue weighted by Crippen LogP contribution is 1.94. The number of allylic oxidation sites excluding steroid dienone is 1. The maximum absolute atomic E-state index is 3.51. The van der Waals surface area contributed by atoms with Crippen molar-refractivity contribution in [1.82, 2.24) is 0 Å². The lowest BCUT2D eigenvalue weighted by molar-refractivity contribution is 1.23. The van der Waals surface area contributed by atoms with Crippen molar-refractivity contribution in [2.75, 3.05) is 5.75 Å². The Balaban J connectivity index is -0.0000000301. The van der Waals surface area contributed by atoms with Crippen molar-refractivity contribution in [3.05, 3.63) is 24.6 Å². The molecule has 0 fully saturated rings. The standard InChI is InChI=1S/C4H8S.C4H8.3C2H6/c1-3-5-4-2;1-3-4-2;3*1-2/h3H,1,4H2,2H3;3H,1,4H2,2H3;3*1-2H3. The predicted octanol–water partition coefficient (Wildman–Crippen LogP) is 6.54. The van der Waals surface area contributed by atoms with Crippen molar-refractivity contribution in [1.29, 1.82) is 0 Å². The molecular formula is C14H34S. The second kappa shape index (κ2) is 97.6. The van der Waals surface area contributed by atoms with E-state index in [1.165, 1.54) is 0 Å². The van der Waals surface area contributed by atoms with Crippen molar-refractivity contribution >= 4 is 11.8 Å². The predicted molar refractivity (Wildman–Crippen MR) is 82.9 cm³/mol. The Bertz CT molecular complexity index is 58.4. The molecule has 0 aliphatic carbocycles. The Labute approximate surface area is 104 Å². The summed E-state index contributed by atoms with van der Waals surface area (Å²) in [5, 5.41) is 1.85. The summed E-state index contributed by atoms with van der Waals surface area (Å²) >= 11 is 1.73. The first-order valence-electron chi connectivity index (χ1n) is 6.16. The molecule has 0 saturated carbocycles. The molecule has 0 heterocycles. The number of rotatable bonds is 3. The summed E-state index contributed by atoms with van der Waals surface area (Å²) in [6.07, 6.45) is 2.96. The van der Waals surface area contributed by atoms with E-state index in [9.17, 15) is 0 Å². The van der Waals surface area contributed by atoms with Gasteiger partial charge >= 0.3 is 0 Å². The minimum Gasteiger partial charge on any atom is -0.135 e. The Morgan fingerprint density at radius 3 is 1.13 bits per heavy atom. The molecule has 0 radical (unpaired) electrons. The molecule has 0 spiro atoms. The number of hydrogen-bond donors (Lipinski definition) is 0. The Morgan fingerprint density at radius 2 is 1.13 bits per heavy atom. The second-order valence-electron chi connectivity index (χ2n) is 1.32. The molecule has 96 valence electrons. The Hall–Kier alpha value is -0.170.